The van der Waals surface area contributed by atoms with Crippen LogP contribution in [0.15, 0.2) is 88.8 Å². The fraction of sp³-hybridized carbons (Fsp3) is 0.250. The van der Waals surface area contributed by atoms with Crippen LogP contribution in [0.5, 0.6) is 0 Å². The second-order valence-corrected chi connectivity index (χ2v) is 11.3. The lowest BCUT2D eigenvalue weighted by atomic mass is 10.0. The van der Waals surface area contributed by atoms with Gasteiger partial charge in [0.2, 0.25) is 10.0 Å². The van der Waals surface area contributed by atoms with E-state index < -0.39 is 10.0 Å². The summed E-state index contributed by atoms with van der Waals surface area (Å²) in [5, 5.41) is 0.522. The molecule has 0 spiro atoms. The Bertz CT molecular complexity index is 1600. The molecule has 1 amide bonds. The Balaban J connectivity index is 1.26. The number of para-hydroxylation sites is 1. The molecule has 5 rings (SSSR count). The maximum atomic E-state index is 13.1. The first kappa shape index (κ1) is 24.9. The van der Waals surface area contributed by atoms with Crippen LogP contribution in [-0.4, -0.2) is 59.3 Å². The molecule has 0 unspecified atom stereocenters. The molecule has 2 heterocycles. The fourth-order valence-corrected chi connectivity index (χ4v) is 5.93. The molecule has 8 nitrogen and oxygen atoms in total. The van der Waals surface area contributed by atoms with Crippen LogP contribution in [0, 0.1) is 0 Å². The highest BCUT2D eigenvalue weighted by molar-refractivity contribution is 7.89. The van der Waals surface area contributed by atoms with Gasteiger partial charge >= 0.3 is 0 Å². The average Bonchev–Trinajstić information content (AvgIpc) is 2.93. The van der Waals surface area contributed by atoms with E-state index in [4.69, 9.17) is 0 Å². The number of nitrogens with zero attached hydrogens (tertiary/aromatic N) is 4. The maximum absolute atomic E-state index is 13.1. The van der Waals surface area contributed by atoms with Gasteiger partial charge in [-0.25, -0.2) is 13.4 Å². The minimum atomic E-state index is -3.62. The number of hydrogen-bond donors (Lipinski definition) is 0. The molecule has 0 bridgehead atoms. The molecule has 1 aliphatic rings. The Morgan fingerprint density at radius 2 is 1.51 bits per heavy atom. The van der Waals surface area contributed by atoms with Gasteiger partial charge in [0.25, 0.3) is 11.5 Å². The van der Waals surface area contributed by atoms with Crippen LogP contribution in [-0.2, 0) is 10.0 Å². The maximum Gasteiger partial charge on any atom is 0.265 e. The Labute approximate surface area is 215 Å². The van der Waals surface area contributed by atoms with Crippen molar-refractivity contribution in [1.29, 1.82) is 0 Å². The van der Waals surface area contributed by atoms with Crippen LogP contribution in [0.4, 0.5) is 0 Å². The van der Waals surface area contributed by atoms with E-state index in [-0.39, 0.29) is 29.5 Å². The largest absolute Gasteiger partial charge is 0.336 e. The van der Waals surface area contributed by atoms with Crippen molar-refractivity contribution in [2.24, 2.45) is 0 Å². The van der Waals surface area contributed by atoms with Crippen LogP contribution < -0.4 is 5.56 Å². The zero-order valence-electron chi connectivity index (χ0n) is 20.7. The molecule has 1 saturated heterocycles. The van der Waals surface area contributed by atoms with Crippen molar-refractivity contribution >= 4 is 26.8 Å². The van der Waals surface area contributed by atoms with Crippen molar-refractivity contribution in [2.45, 2.75) is 24.7 Å². The van der Waals surface area contributed by atoms with E-state index in [2.05, 4.69) is 18.8 Å². The second kappa shape index (κ2) is 9.91. The van der Waals surface area contributed by atoms with Gasteiger partial charge in [-0.15, -0.1) is 0 Å². The summed E-state index contributed by atoms with van der Waals surface area (Å²) in [5.74, 6) is 0.152. The van der Waals surface area contributed by atoms with Gasteiger partial charge < -0.3 is 4.90 Å². The topological polar surface area (TPSA) is 92.6 Å². The third kappa shape index (κ3) is 4.80. The Hall–Kier alpha value is -3.82. The van der Waals surface area contributed by atoms with Crippen LogP contribution in [0.25, 0.3) is 16.6 Å². The highest BCUT2D eigenvalue weighted by atomic mass is 32.2. The quantitative estimate of drug-likeness (QED) is 0.404. The standard InChI is InChI=1S/C28H28N4O4S/c1-20(2)21-9-13-24(14-10-21)37(35,36)31-17-15-30(16-18-31)27(33)22-7-11-23(12-8-22)32-19-29-26-6-4-3-5-25(26)28(32)34/h3-14,19-20H,15-18H2,1-2H3. The number of sulfonamides is 1. The summed E-state index contributed by atoms with van der Waals surface area (Å²) in [5.41, 5.74) is 2.62. The number of fused-ring (bicyclic) bond motifs is 1. The minimum absolute atomic E-state index is 0.172. The third-order valence-corrected chi connectivity index (χ3v) is 8.68. The Morgan fingerprint density at radius 1 is 0.865 bits per heavy atom. The number of piperazine rings is 1. The summed E-state index contributed by atoms with van der Waals surface area (Å²) < 4.78 is 29.1. The first-order valence-corrected chi connectivity index (χ1v) is 13.7. The molecule has 0 saturated carbocycles. The van der Waals surface area contributed by atoms with Crippen molar-refractivity contribution in [3.8, 4) is 5.69 Å². The number of hydrogen-bond acceptors (Lipinski definition) is 5. The van der Waals surface area contributed by atoms with E-state index in [9.17, 15) is 18.0 Å². The van der Waals surface area contributed by atoms with Gasteiger partial charge in [-0.3, -0.25) is 14.2 Å². The van der Waals surface area contributed by atoms with Crippen LogP contribution >= 0.6 is 0 Å². The van der Waals surface area contributed by atoms with Gasteiger partial charge in [0, 0.05) is 31.7 Å². The summed E-state index contributed by atoms with van der Waals surface area (Å²) in [6.07, 6.45) is 1.48. The lowest BCUT2D eigenvalue weighted by molar-refractivity contribution is 0.0698. The van der Waals surface area contributed by atoms with E-state index in [0.29, 0.717) is 41.2 Å². The zero-order chi connectivity index (χ0) is 26.2. The van der Waals surface area contributed by atoms with Crippen molar-refractivity contribution < 1.29 is 13.2 Å². The molecule has 4 aromatic rings. The molecular weight excluding hydrogens is 488 g/mol. The predicted molar refractivity (Wildman–Crippen MR) is 143 cm³/mol. The van der Waals surface area contributed by atoms with Crippen LogP contribution in [0.3, 0.4) is 0 Å². The Morgan fingerprint density at radius 3 is 2.16 bits per heavy atom. The number of carbonyl (C=O) groups excluding carboxylic acids is 1. The first-order chi connectivity index (χ1) is 17.8. The molecule has 0 N–H and O–H groups in total. The van der Waals surface area contributed by atoms with Crippen molar-refractivity contribution in [3.05, 3.63) is 101 Å². The van der Waals surface area contributed by atoms with Gasteiger partial charge in [0.1, 0.15) is 6.33 Å². The number of rotatable bonds is 5. The number of aromatic nitrogens is 2. The van der Waals surface area contributed by atoms with Crippen molar-refractivity contribution in [3.63, 3.8) is 0 Å². The van der Waals surface area contributed by atoms with E-state index in [0.717, 1.165) is 5.56 Å². The molecule has 0 atom stereocenters. The van der Waals surface area contributed by atoms with Crippen molar-refractivity contribution in [2.75, 3.05) is 26.2 Å². The monoisotopic (exact) mass is 516 g/mol. The van der Waals surface area contributed by atoms with E-state index in [1.807, 2.05) is 18.2 Å². The van der Waals surface area contributed by atoms with Crippen molar-refractivity contribution in [1.82, 2.24) is 18.8 Å². The smallest absolute Gasteiger partial charge is 0.265 e. The molecule has 0 radical (unpaired) electrons. The summed E-state index contributed by atoms with van der Waals surface area (Å²) >= 11 is 0. The summed E-state index contributed by atoms with van der Waals surface area (Å²) in [4.78, 5) is 32.2. The zero-order valence-corrected chi connectivity index (χ0v) is 21.6. The second-order valence-electron chi connectivity index (χ2n) is 9.40. The molecule has 1 fully saturated rings. The molecule has 1 aromatic heterocycles. The fourth-order valence-electron chi connectivity index (χ4n) is 4.51. The molecule has 9 heteroatoms. The number of carbonyl (C=O) groups is 1. The third-order valence-electron chi connectivity index (χ3n) is 6.77. The highest BCUT2D eigenvalue weighted by Gasteiger charge is 2.30. The molecule has 3 aromatic carbocycles. The van der Waals surface area contributed by atoms with E-state index in [1.165, 1.54) is 15.2 Å². The predicted octanol–water partition coefficient (Wildman–Crippen LogP) is 3.66. The normalized spacial score (nSPS) is 14.8. The van der Waals surface area contributed by atoms with Crippen LogP contribution in [0.1, 0.15) is 35.7 Å². The van der Waals surface area contributed by atoms with E-state index in [1.54, 1.807) is 59.5 Å². The average molecular weight is 517 g/mol. The lowest BCUT2D eigenvalue weighted by Crippen LogP contribution is -2.50. The molecular formula is C28H28N4O4S. The molecule has 37 heavy (non-hydrogen) atoms. The molecule has 1 aliphatic heterocycles. The van der Waals surface area contributed by atoms with Crippen LogP contribution in [0.2, 0.25) is 0 Å². The van der Waals surface area contributed by atoms with E-state index >= 15 is 0 Å². The summed E-state index contributed by atoms with van der Waals surface area (Å²) in [6.45, 7) is 5.20. The lowest BCUT2D eigenvalue weighted by Gasteiger charge is -2.34. The minimum Gasteiger partial charge on any atom is -0.336 e. The van der Waals surface area contributed by atoms with Gasteiger partial charge in [-0.05, 0) is 60.0 Å². The van der Waals surface area contributed by atoms with Gasteiger partial charge in [0.05, 0.1) is 21.5 Å². The SMILES string of the molecule is CC(C)c1ccc(S(=O)(=O)N2CCN(C(=O)c3ccc(-n4cnc5ccccc5c4=O)cc3)CC2)cc1. The number of benzene rings is 3. The van der Waals surface area contributed by atoms with Gasteiger partial charge in [-0.1, -0.05) is 38.1 Å². The Kier molecular flexibility index (Phi) is 6.66. The summed E-state index contributed by atoms with van der Waals surface area (Å²) in [7, 11) is -3.62. The first-order valence-electron chi connectivity index (χ1n) is 12.2. The molecule has 190 valence electrons. The van der Waals surface area contributed by atoms with Gasteiger partial charge in [-0.2, -0.15) is 4.31 Å². The highest BCUT2D eigenvalue weighted by Crippen LogP contribution is 2.22. The molecule has 0 aliphatic carbocycles. The van der Waals surface area contributed by atoms with Gasteiger partial charge in [0.15, 0.2) is 0 Å². The number of amides is 1. The summed E-state index contributed by atoms with van der Waals surface area (Å²) in [6, 6.07) is 20.9.